The molecule has 6 heteroatoms. The van der Waals surface area contributed by atoms with Gasteiger partial charge < -0.3 is 15.7 Å². The van der Waals surface area contributed by atoms with Crippen LogP contribution in [0.2, 0.25) is 0 Å². The predicted molar refractivity (Wildman–Crippen MR) is 84.6 cm³/mol. The number of anilines is 1. The number of amides is 1. The van der Waals surface area contributed by atoms with E-state index in [1.165, 1.54) is 12.8 Å². The molecule has 2 fully saturated rings. The minimum atomic E-state index is -0.265. The molecule has 0 saturated heterocycles. The number of nitrogens with zero attached hydrogens (tertiary/aromatic N) is 2. The molecule has 3 rings (SSSR count). The molecule has 2 aliphatic rings. The van der Waals surface area contributed by atoms with Crippen LogP contribution in [0.5, 0.6) is 0 Å². The number of hydrogen-bond acceptors (Lipinski definition) is 4. The van der Waals surface area contributed by atoms with Crippen molar-refractivity contribution in [3.63, 3.8) is 0 Å². The maximum absolute atomic E-state index is 12.2. The molecule has 6 nitrogen and oxygen atoms in total. The fraction of sp³-hybridized carbons (Fsp3) is 0.750. The minimum absolute atomic E-state index is 0.0792. The summed E-state index contributed by atoms with van der Waals surface area (Å²) in [5.74, 6) is 1.37. The quantitative estimate of drug-likeness (QED) is 0.716. The van der Waals surface area contributed by atoms with Gasteiger partial charge in [-0.25, -0.2) is 4.68 Å². The van der Waals surface area contributed by atoms with E-state index >= 15 is 0 Å². The highest BCUT2D eigenvalue weighted by Gasteiger charge is 2.33. The summed E-state index contributed by atoms with van der Waals surface area (Å²) < 4.78 is 1.91. The number of aliphatic hydroxyl groups excluding tert-OH is 1. The van der Waals surface area contributed by atoms with Crippen molar-refractivity contribution in [3.8, 4) is 0 Å². The van der Waals surface area contributed by atoms with Crippen LogP contribution in [0.25, 0.3) is 0 Å². The van der Waals surface area contributed by atoms with Gasteiger partial charge in [0.2, 0.25) is 5.91 Å². The lowest BCUT2D eigenvalue weighted by atomic mass is 9.99. The summed E-state index contributed by atoms with van der Waals surface area (Å²) >= 11 is 0. The average Bonchev–Trinajstić information content (AvgIpc) is 3.09. The van der Waals surface area contributed by atoms with Crippen LogP contribution in [0.15, 0.2) is 12.3 Å². The van der Waals surface area contributed by atoms with Gasteiger partial charge in [-0.15, -0.1) is 0 Å². The van der Waals surface area contributed by atoms with Crippen molar-refractivity contribution < 1.29 is 9.90 Å². The summed E-state index contributed by atoms with van der Waals surface area (Å²) in [6.07, 6.45) is 8.32. The van der Waals surface area contributed by atoms with E-state index in [0.717, 1.165) is 31.5 Å². The zero-order valence-corrected chi connectivity index (χ0v) is 13.2. The van der Waals surface area contributed by atoms with Crippen molar-refractivity contribution in [3.05, 3.63) is 12.3 Å². The third-order valence-corrected chi connectivity index (χ3v) is 5.12. The van der Waals surface area contributed by atoms with Crippen LogP contribution >= 0.6 is 0 Å². The van der Waals surface area contributed by atoms with Gasteiger partial charge in [0.1, 0.15) is 5.82 Å². The second kappa shape index (κ2) is 6.38. The predicted octanol–water partition coefficient (Wildman–Crippen LogP) is 1.69. The molecule has 22 heavy (non-hydrogen) atoms. The SMILES string of the molecule is CC(C1CC1)n1nccc1NC(=O)CNC1(CO)CCCC1. The first kappa shape index (κ1) is 15.5. The standard InChI is InChI=1S/C16H26N4O2/c1-12(13-4-5-13)20-14(6-9-18-20)19-15(22)10-17-16(11-21)7-2-3-8-16/h6,9,12-13,17,21H,2-5,7-8,10-11H2,1H3,(H,19,22). The van der Waals surface area contributed by atoms with E-state index < -0.39 is 0 Å². The maximum Gasteiger partial charge on any atom is 0.239 e. The molecule has 2 saturated carbocycles. The number of carbonyl (C=O) groups excluding carboxylic acids is 1. The third kappa shape index (κ3) is 3.33. The van der Waals surface area contributed by atoms with Gasteiger partial charge in [0.05, 0.1) is 25.4 Å². The molecule has 3 N–H and O–H groups in total. The van der Waals surface area contributed by atoms with Crippen molar-refractivity contribution in [1.82, 2.24) is 15.1 Å². The summed E-state index contributed by atoms with van der Waals surface area (Å²) in [5, 5.41) is 20.1. The Morgan fingerprint density at radius 2 is 2.23 bits per heavy atom. The molecule has 0 radical (unpaired) electrons. The summed E-state index contributed by atoms with van der Waals surface area (Å²) in [4.78, 5) is 12.2. The molecule has 2 aliphatic carbocycles. The Kier molecular flexibility index (Phi) is 4.49. The van der Waals surface area contributed by atoms with Gasteiger partial charge in [-0.2, -0.15) is 5.10 Å². The first-order valence-corrected chi connectivity index (χ1v) is 8.33. The van der Waals surface area contributed by atoms with Crippen LogP contribution in [0.3, 0.4) is 0 Å². The van der Waals surface area contributed by atoms with Gasteiger partial charge in [-0.3, -0.25) is 4.79 Å². The molecular weight excluding hydrogens is 280 g/mol. The Morgan fingerprint density at radius 1 is 1.50 bits per heavy atom. The van der Waals surface area contributed by atoms with Crippen molar-refractivity contribution in [1.29, 1.82) is 0 Å². The second-order valence-electron chi connectivity index (χ2n) is 6.79. The number of aromatic nitrogens is 2. The van der Waals surface area contributed by atoms with E-state index in [1.807, 2.05) is 10.7 Å². The van der Waals surface area contributed by atoms with E-state index in [4.69, 9.17) is 0 Å². The average molecular weight is 306 g/mol. The Labute approximate surface area is 131 Å². The number of nitrogens with one attached hydrogen (secondary N) is 2. The van der Waals surface area contributed by atoms with Gasteiger partial charge in [0.25, 0.3) is 0 Å². The summed E-state index contributed by atoms with van der Waals surface area (Å²) in [6, 6.07) is 2.17. The van der Waals surface area contributed by atoms with Crippen LogP contribution in [0.1, 0.15) is 51.5 Å². The molecule has 0 aliphatic heterocycles. The molecule has 1 amide bonds. The number of carbonyl (C=O) groups is 1. The van der Waals surface area contributed by atoms with Crippen LogP contribution in [0, 0.1) is 5.92 Å². The molecular formula is C16H26N4O2. The third-order valence-electron chi connectivity index (χ3n) is 5.12. The number of hydrogen-bond donors (Lipinski definition) is 3. The van der Waals surface area contributed by atoms with Gasteiger partial charge >= 0.3 is 0 Å². The van der Waals surface area contributed by atoms with Crippen molar-refractivity contribution >= 4 is 11.7 Å². The van der Waals surface area contributed by atoms with E-state index in [0.29, 0.717) is 12.0 Å². The Bertz CT molecular complexity index is 518. The second-order valence-corrected chi connectivity index (χ2v) is 6.79. The number of rotatable bonds is 7. The van der Waals surface area contributed by atoms with E-state index in [1.54, 1.807) is 6.20 Å². The highest BCUT2D eigenvalue weighted by molar-refractivity contribution is 5.91. The smallest absolute Gasteiger partial charge is 0.239 e. The largest absolute Gasteiger partial charge is 0.394 e. The molecule has 0 spiro atoms. The number of aliphatic hydroxyl groups is 1. The van der Waals surface area contributed by atoms with Crippen molar-refractivity contribution in [2.75, 3.05) is 18.5 Å². The lowest BCUT2D eigenvalue weighted by molar-refractivity contribution is -0.115. The summed E-state index contributed by atoms with van der Waals surface area (Å²) in [7, 11) is 0. The topological polar surface area (TPSA) is 79.2 Å². The summed E-state index contributed by atoms with van der Waals surface area (Å²) in [5.41, 5.74) is -0.265. The lowest BCUT2D eigenvalue weighted by Gasteiger charge is -2.27. The Morgan fingerprint density at radius 3 is 2.86 bits per heavy atom. The first-order valence-electron chi connectivity index (χ1n) is 8.33. The molecule has 0 bridgehead atoms. The van der Waals surface area contributed by atoms with Crippen LogP contribution in [-0.2, 0) is 4.79 Å². The van der Waals surface area contributed by atoms with Gasteiger partial charge in [-0.1, -0.05) is 12.8 Å². The fourth-order valence-electron chi connectivity index (χ4n) is 3.41. The molecule has 1 heterocycles. The van der Waals surface area contributed by atoms with Crippen molar-refractivity contribution in [2.24, 2.45) is 5.92 Å². The molecule has 1 aromatic heterocycles. The van der Waals surface area contributed by atoms with Gasteiger partial charge in [-0.05, 0) is 38.5 Å². The van der Waals surface area contributed by atoms with Crippen molar-refractivity contribution in [2.45, 2.75) is 57.0 Å². The fourth-order valence-corrected chi connectivity index (χ4v) is 3.41. The van der Waals surface area contributed by atoms with Crippen LogP contribution < -0.4 is 10.6 Å². The minimum Gasteiger partial charge on any atom is -0.394 e. The summed E-state index contributed by atoms with van der Waals surface area (Å²) in [6.45, 7) is 2.47. The van der Waals surface area contributed by atoms with E-state index in [-0.39, 0.29) is 24.6 Å². The Hall–Kier alpha value is -1.40. The maximum atomic E-state index is 12.2. The van der Waals surface area contributed by atoms with Crippen LogP contribution in [0.4, 0.5) is 5.82 Å². The monoisotopic (exact) mass is 306 g/mol. The molecule has 1 unspecified atom stereocenters. The Balaban J connectivity index is 1.54. The van der Waals surface area contributed by atoms with Gasteiger partial charge in [0.15, 0.2) is 0 Å². The highest BCUT2D eigenvalue weighted by Crippen LogP contribution is 2.40. The zero-order chi connectivity index (χ0) is 15.6. The zero-order valence-electron chi connectivity index (χ0n) is 13.2. The van der Waals surface area contributed by atoms with E-state index in [2.05, 4.69) is 22.7 Å². The molecule has 122 valence electrons. The molecule has 1 atom stereocenters. The molecule has 1 aromatic rings. The lowest BCUT2D eigenvalue weighted by Crippen LogP contribution is -2.49. The highest BCUT2D eigenvalue weighted by atomic mass is 16.3. The van der Waals surface area contributed by atoms with Gasteiger partial charge in [0, 0.05) is 11.6 Å². The first-order chi connectivity index (χ1) is 10.6. The normalized spacial score (nSPS) is 21.7. The van der Waals surface area contributed by atoms with Crippen LogP contribution in [-0.4, -0.2) is 39.5 Å². The van der Waals surface area contributed by atoms with E-state index in [9.17, 15) is 9.90 Å². The molecule has 0 aromatic carbocycles.